The SMILES string of the molecule is COCC(O)CCCCC1CCCO1. The average Bonchev–Trinajstić information content (AvgIpc) is 2.65. The standard InChI is InChI=1S/C11H22O3/c1-13-9-10(12)5-2-3-6-11-7-4-8-14-11/h10-12H,2-9H2,1H3. The Bertz CT molecular complexity index is 132. The van der Waals surface area contributed by atoms with Crippen molar-refractivity contribution in [2.24, 2.45) is 0 Å². The van der Waals surface area contributed by atoms with Gasteiger partial charge in [-0.15, -0.1) is 0 Å². The zero-order valence-corrected chi connectivity index (χ0v) is 9.08. The number of rotatable bonds is 7. The number of ether oxygens (including phenoxy) is 2. The molecular formula is C11H22O3. The van der Waals surface area contributed by atoms with Crippen LogP contribution in [0.2, 0.25) is 0 Å². The van der Waals surface area contributed by atoms with Gasteiger partial charge >= 0.3 is 0 Å². The summed E-state index contributed by atoms with van der Waals surface area (Å²) in [5, 5.41) is 9.38. The summed E-state index contributed by atoms with van der Waals surface area (Å²) < 4.78 is 10.4. The van der Waals surface area contributed by atoms with E-state index in [1.807, 2.05) is 0 Å². The number of hydrogen-bond donors (Lipinski definition) is 1. The van der Waals surface area contributed by atoms with Crippen LogP contribution in [0.1, 0.15) is 38.5 Å². The maximum Gasteiger partial charge on any atom is 0.0773 e. The number of aliphatic hydroxyl groups excluding tert-OH is 1. The lowest BCUT2D eigenvalue weighted by Crippen LogP contribution is -2.13. The quantitative estimate of drug-likeness (QED) is 0.639. The fourth-order valence-electron chi connectivity index (χ4n) is 1.90. The van der Waals surface area contributed by atoms with Crippen LogP contribution in [0.4, 0.5) is 0 Å². The lowest BCUT2D eigenvalue weighted by Gasteiger charge is -2.11. The Morgan fingerprint density at radius 1 is 1.50 bits per heavy atom. The zero-order valence-electron chi connectivity index (χ0n) is 9.08. The molecule has 0 saturated carbocycles. The molecule has 0 aromatic heterocycles. The maximum absolute atomic E-state index is 9.38. The second-order valence-electron chi connectivity index (χ2n) is 4.03. The molecule has 84 valence electrons. The molecular weight excluding hydrogens is 180 g/mol. The van der Waals surface area contributed by atoms with Crippen molar-refractivity contribution in [3.8, 4) is 0 Å². The van der Waals surface area contributed by atoms with Gasteiger partial charge in [-0.05, 0) is 25.7 Å². The molecule has 14 heavy (non-hydrogen) atoms. The van der Waals surface area contributed by atoms with Crippen molar-refractivity contribution in [2.75, 3.05) is 20.3 Å². The van der Waals surface area contributed by atoms with Crippen molar-refractivity contribution in [2.45, 2.75) is 50.7 Å². The summed E-state index contributed by atoms with van der Waals surface area (Å²) in [6, 6.07) is 0. The van der Waals surface area contributed by atoms with E-state index < -0.39 is 0 Å². The van der Waals surface area contributed by atoms with Gasteiger partial charge in [0.05, 0.1) is 18.8 Å². The van der Waals surface area contributed by atoms with Crippen molar-refractivity contribution < 1.29 is 14.6 Å². The summed E-state index contributed by atoms with van der Waals surface area (Å²) in [6.45, 7) is 1.40. The number of methoxy groups -OCH3 is 1. The molecule has 3 heteroatoms. The van der Waals surface area contributed by atoms with E-state index in [1.165, 1.54) is 12.8 Å². The van der Waals surface area contributed by atoms with E-state index in [4.69, 9.17) is 9.47 Å². The lowest BCUT2D eigenvalue weighted by molar-refractivity contribution is 0.0556. The predicted octanol–water partition coefficient (Wildman–Crippen LogP) is 1.73. The second kappa shape index (κ2) is 7.21. The first kappa shape index (κ1) is 12.0. The van der Waals surface area contributed by atoms with Crippen molar-refractivity contribution in [1.82, 2.24) is 0 Å². The van der Waals surface area contributed by atoms with E-state index in [9.17, 15) is 5.11 Å². The first-order chi connectivity index (χ1) is 6.83. The van der Waals surface area contributed by atoms with E-state index in [2.05, 4.69) is 0 Å². The van der Waals surface area contributed by atoms with Crippen LogP contribution in [0, 0.1) is 0 Å². The van der Waals surface area contributed by atoms with Crippen LogP contribution in [0.25, 0.3) is 0 Å². The van der Waals surface area contributed by atoms with Gasteiger partial charge in [0.15, 0.2) is 0 Å². The third-order valence-corrected chi connectivity index (χ3v) is 2.70. The fraction of sp³-hybridized carbons (Fsp3) is 1.00. The smallest absolute Gasteiger partial charge is 0.0773 e. The summed E-state index contributed by atoms with van der Waals surface area (Å²) in [6.07, 6.45) is 6.88. The summed E-state index contributed by atoms with van der Waals surface area (Å²) in [7, 11) is 1.62. The molecule has 0 spiro atoms. The van der Waals surface area contributed by atoms with E-state index in [0.717, 1.165) is 32.3 Å². The van der Waals surface area contributed by atoms with Crippen molar-refractivity contribution in [1.29, 1.82) is 0 Å². The summed E-state index contributed by atoms with van der Waals surface area (Å²) in [4.78, 5) is 0. The topological polar surface area (TPSA) is 38.7 Å². The fourth-order valence-corrected chi connectivity index (χ4v) is 1.90. The lowest BCUT2D eigenvalue weighted by atomic mass is 10.1. The van der Waals surface area contributed by atoms with Crippen LogP contribution in [0.15, 0.2) is 0 Å². The highest BCUT2D eigenvalue weighted by Gasteiger charge is 2.14. The highest BCUT2D eigenvalue weighted by atomic mass is 16.5. The Labute approximate surface area is 86.4 Å². The molecule has 1 heterocycles. The molecule has 1 saturated heterocycles. The van der Waals surface area contributed by atoms with Crippen LogP contribution in [-0.2, 0) is 9.47 Å². The molecule has 2 atom stereocenters. The van der Waals surface area contributed by atoms with E-state index in [-0.39, 0.29) is 6.10 Å². The summed E-state index contributed by atoms with van der Waals surface area (Å²) in [5.41, 5.74) is 0. The van der Waals surface area contributed by atoms with Crippen LogP contribution in [-0.4, -0.2) is 37.6 Å². The molecule has 0 radical (unpaired) electrons. The normalized spacial score (nSPS) is 24.0. The molecule has 1 rings (SSSR count). The molecule has 1 aliphatic heterocycles. The van der Waals surface area contributed by atoms with E-state index in [0.29, 0.717) is 12.7 Å². The number of aliphatic hydroxyl groups is 1. The van der Waals surface area contributed by atoms with Gasteiger partial charge in [0.1, 0.15) is 0 Å². The van der Waals surface area contributed by atoms with Crippen molar-refractivity contribution in [3.63, 3.8) is 0 Å². The van der Waals surface area contributed by atoms with Crippen LogP contribution < -0.4 is 0 Å². The van der Waals surface area contributed by atoms with E-state index >= 15 is 0 Å². The van der Waals surface area contributed by atoms with E-state index in [1.54, 1.807) is 7.11 Å². The number of unbranched alkanes of at least 4 members (excludes halogenated alkanes) is 1. The largest absolute Gasteiger partial charge is 0.391 e. The van der Waals surface area contributed by atoms with Gasteiger partial charge < -0.3 is 14.6 Å². The second-order valence-corrected chi connectivity index (χ2v) is 4.03. The van der Waals surface area contributed by atoms with Crippen LogP contribution in [0.3, 0.4) is 0 Å². The molecule has 1 N–H and O–H groups in total. The highest BCUT2D eigenvalue weighted by molar-refractivity contribution is 4.65. The van der Waals surface area contributed by atoms with Gasteiger partial charge in [0.25, 0.3) is 0 Å². The summed E-state index contributed by atoms with van der Waals surface area (Å²) >= 11 is 0. The van der Waals surface area contributed by atoms with Gasteiger partial charge in [0.2, 0.25) is 0 Å². The Balaban J connectivity index is 1.88. The Hall–Kier alpha value is -0.120. The molecule has 0 bridgehead atoms. The maximum atomic E-state index is 9.38. The van der Waals surface area contributed by atoms with Gasteiger partial charge in [-0.1, -0.05) is 12.8 Å². The molecule has 0 aliphatic carbocycles. The van der Waals surface area contributed by atoms with Gasteiger partial charge in [-0.25, -0.2) is 0 Å². The number of hydrogen-bond acceptors (Lipinski definition) is 3. The van der Waals surface area contributed by atoms with Gasteiger partial charge in [-0.2, -0.15) is 0 Å². The minimum absolute atomic E-state index is 0.288. The third kappa shape index (κ3) is 4.94. The highest BCUT2D eigenvalue weighted by Crippen LogP contribution is 2.18. The molecule has 0 aromatic rings. The van der Waals surface area contributed by atoms with Crippen LogP contribution >= 0.6 is 0 Å². The summed E-state index contributed by atoms with van der Waals surface area (Å²) in [5.74, 6) is 0. The first-order valence-electron chi connectivity index (χ1n) is 5.61. The zero-order chi connectivity index (χ0) is 10.2. The Kier molecular flexibility index (Phi) is 6.15. The Morgan fingerprint density at radius 2 is 2.36 bits per heavy atom. The van der Waals surface area contributed by atoms with Crippen molar-refractivity contribution >= 4 is 0 Å². The average molecular weight is 202 g/mol. The minimum atomic E-state index is -0.288. The molecule has 2 unspecified atom stereocenters. The molecule has 1 aliphatic rings. The Morgan fingerprint density at radius 3 is 3.00 bits per heavy atom. The van der Waals surface area contributed by atoms with Gasteiger partial charge in [0, 0.05) is 13.7 Å². The molecule has 0 aromatic carbocycles. The molecule has 1 fully saturated rings. The minimum Gasteiger partial charge on any atom is -0.391 e. The monoisotopic (exact) mass is 202 g/mol. The third-order valence-electron chi connectivity index (χ3n) is 2.70. The first-order valence-corrected chi connectivity index (χ1v) is 5.61. The molecule has 3 nitrogen and oxygen atoms in total. The molecule has 0 amide bonds. The van der Waals surface area contributed by atoms with Crippen molar-refractivity contribution in [3.05, 3.63) is 0 Å². The van der Waals surface area contributed by atoms with Crippen LogP contribution in [0.5, 0.6) is 0 Å². The predicted molar refractivity (Wildman–Crippen MR) is 55.3 cm³/mol. The van der Waals surface area contributed by atoms with Gasteiger partial charge in [-0.3, -0.25) is 0 Å².